The molecule has 146 valence electrons. The summed E-state index contributed by atoms with van der Waals surface area (Å²) in [4.78, 5) is 27.4. The zero-order valence-electron chi connectivity index (χ0n) is 16.1. The van der Waals surface area contributed by atoms with E-state index in [2.05, 4.69) is 15.4 Å². The lowest BCUT2D eigenvalue weighted by molar-refractivity contribution is -0.128. The molecule has 1 N–H and O–H groups in total. The molecule has 1 amide bonds. The van der Waals surface area contributed by atoms with Crippen molar-refractivity contribution in [3.05, 3.63) is 54.1 Å². The molecule has 0 saturated heterocycles. The number of amides is 1. The topological polar surface area (TPSA) is 79.0 Å². The molecular formula is C23H22N4O2. The van der Waals surface area contributed by atoms with Crippen LogP contribution in [0.4, 0.5) is 5.69 Å². The molecule has 0 unspecified atom stereocenters. The van der Waals surface area contributed by atoms with Gasteiger partial charge >= 0.3 is 0 Å². The van der Waals surface area contributed by atoms with Crippen LogP contribution < -0.4 is 4.90 Å². The largest absolute Gasteiger partial charge is 0.307 e. The summed E-state index contributed by atoms with van der Waals surface area (Å²) in [5.74, 6) is 0.358. The summed E-state index contributed by atoms with van der Waals surface area (Å²) in [6, 6.07) is 15.7. The van der Waals surface area contributed by atoms with Crippen LogP contribution in [0.2, 0.25) is 0 Å². The number of aromatic nitrogens is 3. The van der Waals surface area contributed by atoms with Crippen LogP contribution in [0.3, 0.4) is 0 Å². The number of carbonyl (C=O) groups is 2. The normalized spacial score (nSPS) is 15.4. The molecule has 0 atom stereocenters. The molecular weight excluding hydrogens is 364 g/mol. The number of anilines is 1. The van der Waals surface area contributed by atoms with Gasteiger partial charge in [-0.1, -0.05) is 48.9 Å². The van der Waals surface area contributed by atoms with Crippen molar-refractivity contribution in [3.8, 4) is 22.5 Å². The molecule has 1 aromatic heterocycles. The van der Waals surface area contributed by atoms with Gasteiger partial charge < -0.3 is 4.90 Å². The molecule has 1 fully saturated rings. The zero-order chi connectivity index (χ0) is 19.8. The fourth-order valence-corrected chi connectivity index (χ4v) is 4.18. The Morgan fingerprint density at radius 2 is 1.62 bits per heavy atom. The predicted octanol–water partition coefficient (Wildman–Crippen LogP) is 4.13. The highest BCUT2D eigenvalue weighted by molar-refractivity contribution is 6.01. The number of carbonyl (C=O) groups excluding carboxylic acids is 2. The van der Waals surface area contributed by atoms with Crippen LogP contribution in [-0.2, 0) is 16.1 Å². The van der Waals surface area contributed by atoms with Gasteiger partial charge in [-0.2, -0.15) is 15.4 Å². The van der Waals surface area contributed by atoms with Gasteiger partial charge in [0.25, 0.3) is 0 Å². The first-order chi connectivity index (χ1) is 14.2. The van der Waals surface area contributed by atoms with Crippen LogP contribution in [0.15, 0.2) is 48.5 Å². The van der Waals surface area contributed by atoms with E-state index in [0.717, 1.165) is 53.0 Å². The number of H-pyrrole nitrogens is 1. The van der Waals surface area contributed by atoms with Gasteiger partial charge in [-0.05, 0) is 24.5 Å². The van der Waals surface area contributed by atoms with Gasteiger partial charge in [0.2, 0.25) is 5.91 Å². The average molecular weight is 386 g/mol. The first-order valence-electron chi connectivity index (χ1n) is 10.1. The maximum absolute atomic E-state index is 13.2. The van der Waals surface area contributed by atoms with E-state index in [4.69, 9.17) is 0 Å². The number of fused-ring (bicyclic) bond motifs is 5. The highest BCUT2D eigenvalue weighted by Crippen LogP contribution is 2.40. The fourth-order valence-electron chi connectivity index (χ4n) is 4.18. The number of ketones is 1. The lowest BCUT2D eigenvalue weighted by Crippen LogP contribution is -2.32. The molecule has 6 heteroatoms. The molecule has 1 aliphatic heterocycles. The number of nitrogens with zero attached hydrogens (tertiary/aromatic N) is 3. The number of Topliss-reactive ketones (excluding diaryl/α,β-unsaturated/α-hetero) is 1. The monoisotopic (exact) mass is 386 g/mol. The van der Waals surface area contributed by atoms with Crippen molar-refractivity contribution in [3.63, 3.8) is 0 Å². The minimum atomic E-state index is -0.0353. The molecule has 1 aliphatic carbocycles. The maximum atomic E-state index is 13.2. The van der Waals surface area contributed by atoms with Crippen molar-refractivity contribution in [2.24, 2.45) is 5.92 Å². The van der Waals surface area contributed by atoms with Crippen LogP contribution in [0, 0.1) is 5.92 Å². The number of rotatable bonds is 4. The number of nitrogens with one attached hydrogen (secondary N) is 1. The highest BCUT2D eigenvalue weighted by atomic mass is 16.2. The van der Waals surface area contributed by atoms with Crippen LogP contribution in [-0.4, -0.2) is 27.1 Å². The summed E-state index contributed by atoms with van der Waals surface area (Å²) >= 11 is 0. The van der Waals surface area contributed by atoms with Crippen molar-refractivity contribution < 1.29 is 9.59 Å². The molecule has 0 radical (unpaired) electrons. The third kappa shape index (κ3) is 3.14. The minimum absolute atomic E-state index is 0.0353. The SMILES string of the molecule is O=C(CCC(=O)N1Cc2ccccc2-c2n[nH]nc2-c2ccccc21)C1CCC1. The molecule has 0 spiro atoms. The van der Waals surface area contributed by atoms with E-state index < -0.39 is 0 Å². The van der Waals surface area contributed by atoms with Crippen LogP contribution in [0.5, 0.6) is 0 Å². The lowest BCUT2D eigenvalue weighted by Gasteiger charge is -2.28. The van der Waals surface area contributed by atoms with Crippen molar-refractivity contribution in [2.45, 2.75) is 38.6 Å². The molecule has 2 heterocycles. The summed E-state index contributed by atoms with van der Waals surface area (Å²) in [6.45, 7) is 0.440. The Hall–Kier alpha value is -3.28. The summed E-state index contributed by atoms with van der Waals surface area (Å²) in [7, 11) is 0. The van der Waals surface area contributed by atoms with Gasteiger partial charge in [0, 0.05) is 29.9 Å². The maximum Gasteiger partial charge on any atom is 0.227 e. The molecule has 0 bridgehead atoms. The molecule has 3 aromatic rings. The summed E-state index contributed by atoms with van der Waals surface area (Å²) < 4.78 is 0. The molecule has 6 nitrogen and oxygen atoms in total. The van der Waals surface area contributed by atoms with Gasteiger partial charge in [-0.15, -0.1) is 0 Å². The molecule has 5 rings (SSSR count). The third-order valence-electron chi connectivity index (χ3n) is 6.05. The van der Waals surface area contributed by atoms with Gasteiger partial charge in [-0.3, -0.25) is 9.59 Å². The fraction of sp³-hybridized carbons (Fsp3) is 0.304. The Kier molecular flexibility index (Phi) is 4.46. The van der Waals surface area contributed by atoms with E-state index in [0.29, 0.717) is 13.0 Å². The predicted molar refractivity (Wildman–Crippen MR) is 110 cm³/mol. The Bertz CT molecular complexity index is 1080. The van der Waals surface area contributed by atoms with Crippen molar-refractivity contribution >= 4 is 17.4 Å². The van der Waals surface area contributed by atoms with E-state index in [9.17, 15) is 9.59 Å². The lowest BCUT2D eigenvalue weighted by atomic mass is 9.81. The van der Waals surface area contributed by atoms with E-state index in [-0.39, 0.29) is 24.0 Å². The minimum Gasteiger partial charge on any atom is -0.307 e. The smallest absolute Gasteiger partial charge is 0.227 e. The van der Waals surface area contributed by atoms with Gasteiger partial charge in [0.15, 0.2) is 0 Å². The first kappa shape index (κ1) is 17.8. The van der Waals surface area contributed by atoms with Crippen molar-refractivity contribution in [1.82, 2.24) is 15.4 Å². The zero-order valence-corrected chi connectivity index (χ0v) is 16.1. The summed E-state index contributed by atoms with van der Waals surface area (Å²) in [6.07, 6.45) is 3.63. The Balaban J connectivity index is 1.53. The van der Waals surface area contributed by atoms with E-state index in [1.165, 1.54) is 0 Å². The van der Waals surface area contributed by atoms with Gasteiger partial charge in [-0.25, -0.2) is 0 Å². The van der Waals surface area contributed by atoms with Gasteiger partial charge in [0.05, 0.1) is 12.2 Å². The van der Waals surface area contributed by atoms with Crippen LogP contribution in [0.25, 0.3) is 22.5 Å². The van der Waals surface area contributed by atoms with Crippen molar-refractivity contribution in [2.75, 3.05) is 4.90 Å². The third-order valence-corrected chi connectivity index (χ3v) is 6.05. The second-order valence-electron chi connectivity index (χ2n) is 7.77. The Morgan fingerprint density at radius 1 is 0.931 bits per heavy atom. The first-order valence-corrected chi connectivity index (χ1v) is 10.1. The van der Waals surface area contributed by atoms with Crippen molar-refractivity contribution in [1.29, 1.82) is 0 Å². The second kappa shape index (κ2) is 7.28. The quantitative estimate of drug-likeness (QED) is 0.731. The number of benzene rings is 2. The van der Waals surface area contributed by atoms with Crippen LogP contribution >= 0.6 is 0 Å². The van der Waals surface area contributed by atoms with Gasteiger partial charge in [0.1, 0.15) is 17.2 Å². The summed E-state index contributed by atoms with van der Waals surface area (Å²) in [5.41, 5.74) is 5.17. The van der Waals surface area contributed by atoms with E-state index in [1.807, 2.05) is 48.5 Å². The summed E-state index contributed by atoms with van der Waals surface area (Å²) in [5, 5.41) is 11.5. The molecule has 2 aliphatic rings. The van der Waals surface area contributed by atoms with E-state index in [1.54, 1.807) is 4.90 Å². The number of hydrogen-bond donors (Lipinski definition) is 1. The molecule has 29 heavy (non-hydrogen) atoms. The number of aromatic amines is 1. The standard InChI is InChI=1S/C23H22N4O2/c28-20(15-7-5-8-15)12-13-21(29)27-14-16-6-1-2-9-17(16)22-23(25-26-24-22)18-10-3-4-11-19(18)27/h1-4,6,9-11,15H,5,7-8,12-14H2,(H,24,25,26). The number of hydrogen-bond acceptors (Lipinski definition) is 4. The van der Waals surface area contributed by atoms with E-state index >= 15 is 0 Å². The number of para-hydroxylation sites is 1. The average Bonchev–Trinajstić information content (AvgIpc) is 3.17. The Labute approximate surface area is 168 Å². The second-order valence-corrected chi connectivity index (χ2v) is 7.77. The van der Waals surface area contributed by atoms with Crippen LogP contribution in [0.1, 0.15) is 37.7 Å². The Morgan fingerprint density at radius 3 is 2.38 bits per heavy atom. The molecule has 2 aromatic carbocycles. The molecule has 1 saturated carbocycles. The highest BCUT2D eigenvalue weighted by Gasteiger charge is 2.29.